The van der Waals surface area contributed by atoms with Gasteiger partial charge in [-0.2, -0.15) is 0 Å². The molecule has 2 unspecified atom stereocenters. The summed E-state index contributed by atoms with van der Waals surface area (Å²) in [6.45, 7) is 4.09. The van der Waals surface area contributed by atoms with Crippen LogP contribution in [0.4, 0.5) is 11.5 Å². The molecule has 88 valence electrons. The van der Waals surface area contributed by atoms with Gasteiger partial charge in [0.05, 0.1) is 22.5 Å². The first-order chi connectivity index (χ1) is 7.41. The Morgan fingerprint density at radius 3 is 2.81 bits per heavy atom. The predicted molar refractivity (Wildman–Crippen MR) is 68.2 cm³/mol. The Bertz CT molecular complexity index is 408. The molecular formula is C11H16BrN3O. The van der Waals surface area contributed by atoms with E-state index < -0.39 is 0 Å². The number of nitrogens with two attached hydrogens (primary N) is 1. The molecule has 0 spiro atoms. The molecule has 0 radical (unpaired) electrons. The number of hydrogen-bond acceptors (Lipinski definition) is 4. The SMILES string of the molecule is CC1(C)C(O)CC1Nc1ncc(N)cc1Br. The summed E-state index contributed by atoms with van der Waals surface area (Å²) in [6, 6.07) is 2.06. The third-order valence-corrected chi connectivity index (χ3v) is 3.99. The second-order valence-corrected chi connectivity index (χ2v) is 5.72. The van der Waals surface area contributed by atoms with Crippen molar-refractivity contribution >= 4 is 27.4 Å². The monoisotopic (exact) mass is 285 g/mol. The minimum absolute atomic E-state index is 0.109. The van der Waals surface area contributed by atoms with Gasteiger partial charge in [0, 0.05) is 11.5 Å². The largest absolute Gasteiger partial charge is 0.397 e. The quantitative estimate of drug-likeness (QED) is 0.777. The number of nitrogens with one attached hydrogen (secondary N) is 1. The van der Waals surface area contributed by atoms with E-state index >= 15 is 0 Å². The van der Waals surface area contributed by atoms with Gasteiger partial charge in [-0.1, -0.05) is 13.8 Å². The highest BCUT2D eigenvalue weighted by Gasteiger charge is 2.47. The van der Waals surface area contributed by atoms with E-state index in [1.54, 1.807) is 6.20 Å². The van der Waals surface area contributed by atoms with Crippen LogP contribution in [0, 0.1) is 5.41 Å². The molecule has 1 fully saturated rings. The van der Waals surface area contributed by atoms with Crippen LogP contribution < -0.4 is 11.1 Å². The van der Waals surface area contributed by atoms with Crippen molar-refractivity contribution in [3.63, 3.8) is 0 Å². The zero-order valence-corrected chi connectivity index (χ0v) is 11.0. The van der Waals surface area contributed by atoms with Gasteiger partial charge in [-0.3, -0.25) is 0 Å². The van der Waals surface area contributed by atoms with Crippen molar-refractivity contribution in [2.45, 2.75) is 32.4 Å². The number of nitrogens with zero attached hydrogens (tertiary/aromatic N) is 1. The maximum absolute atomic E-state index is 9.65. The van der Waals surface area contributed by atoms with Gasteiger partial charge in [-0.15, -0.1) is 0 Å². The number of pyridine rings is 1. The number of aliphatic hydroxyl groups excluding tert-OH is 1. The summed E-state index contributed by atoms with van der Waals surface area (Å²) in [6.07, 6.45) is 2.14. The Hall–Kier alpha value is -0.810. The summed E-state index contributed by atoms with van der Waals surface area (Å²) in [4.78, 5) is 4.23. The Labute approximate surface area is 103 Å². The molecule has 2 rings (SSSR count). The van der Waals surface area contributed by atoms with Crippen molar-refractivity contribution in [2.75, 3.05) is 11.1 Å². The van der Waals surface area contributed by atoms with E-state index in [1.165, 1.54) is 0 Å². The van der Waals surface area contributed by atoms with Crippen molar-refractivity contribution in [1.82, 2.24) is 4.98 Å². The number of anilines is 2. The van der Waals surface area contributed by atoms with Crippen LogP contribution in [-0.2, 0) is 0 Å². The average molecular weight is 286 g/mol. The number of aliphatic hydroxyl groups is 1. The van der Waals surface area contributed by atoms with E-state index in [4.69, 9.17) is 5.73 Å². The molecule has 1 saturated carbocycles. The van der Waals surface area contributed by atoms with Crippen LogP contribution in [0.5, 0.6) is 0 Å². The summed E-state index contributed by atoms with van der Waals surface area (Å²) in [5, 5.41) is 13.0. The normalized spacial score (nSPS) is 27.2. The minimum atomic E-state index is -0.238. The van der Waals surface area contributed by atoms with Crippen molar-refractivity contribution in [3.05, 3.63) is 16.7 Å². The molecule has 4 nitrogen and oxygen atoms in total. The lowest BCUT2D eigenvalue weighted by molar-refractivity contribution is -0.0511. The van der Waals surface area contributed by atoms with Gasteiger partial charge < -0.3 is 16.2 Å². The fraction of sp³-hybridized carbons (Fsp3) is 0.545. The first-order valence-corrected chi connectivity index (χ1v) is 6.06. The first kappa shape index (κ1) is 11.7. The van der Waals surface area contributed by atoms with Gasteiger partial charge in [-0.25, -0.2) is 4.98 Å². The molecule has 1 aliphatic rings. The van der Waals surface area contributed by atoms with Crippen LogP contribution in [0.25, 0.3) is 0 Å². The Morgan fingerprint density at radius 1 is 1.62 bits per heavy atom. The third kappa shape index (κ3) is 1.89. The van der Waals surface area contributed by atoms with Crippen LogP contribution in [0.1, 0.15) is 20.3 Å². The van der Waals surface area contributed by atoms with Gasteiger partial charge in [0.1, 0.15) is 5.82 Å². The second kappa shape index (κ2) is 3.89. The Balaban J connectivity index is 2.11. The highest BCUT2D eigenvalue weighted by Crippen LogP contribution is 2.42. The number of aromatic nitrogens is 1. The van der Waals surface area contributed by atoms with Crippen molar-refractivity contribution in [2.24, 2.45) is 5.41 Å². The third-order valence-electron chi connectivity index (χ3n) is 3.39. The van der Waals surface area contributed by atoms with Crippen LogP contribution in [0.15, 0.2) is 16.7 Å². The molecule has 1 heterocycles. The first-order valence-electron chi connectivity index (χ1n) is 5.27. The summed E-state index contributed by atoms with van der Waals surface area (Å²) in [7, 11) is 0. The molecule has 0 aromatic carbocycles. The molecule has 1 aromatic rings. The lowest BCUT2D eigenvalue weighted by atomic mass is 9.64. The molecule has 0 bridgehead atoms. The van der Waals surface area contributed by atoms with Crippen LogP contribution >= 0.6 is 15.9 Å². The zero-order valence-electron chi connectivity index (χ0n) is 9.37. The van der Waals surface area contributed by atoms with Crippen molar-refractivity contribution in [1.29, 1.82) is 0 Å². The average Bonchev–Trinajstić information content (AvgIpc) is 2.21. The van der Waals surface area contributed by atoms with Crippen LogP contribution in [0.2, 0.25) is 0 Å². The van der Waals surface area contributed by atoms with Gasteiger partial charge in [0.25, 0.3) is 0 Å². The van der Waals surface area contributed by atoms with Crippen molar-refractivity contribution in [3.8, 4) is 0 Å². The van der Waals surface area contributed by atoms with Crippen LogP contribution in [0.3, 0.4) is 0 Å². The van der Waals surface area contributed by atoms with Crippen LogP contribution in [-0.4, -0.2) is 22.2 Å². The molecular weight excluding hydrogens is 270 g/mol. The van der Waals surface area contributed by atoms with Gasteiger partial charge >= 0.3 is 0 Å². The van der Waals surface area contributed by atoms with E-state index in [0.717, 1.165) is 16.7 Å². The van der Waals surface area contributed by atoms with Crippen molar-refractivity contribution < 1.29 is 5.11 Å². The molecule has 5 heteroatoms. The summed E-state index contributed by atoms with van der Waals surface area (Å²) in [5.74, 6) is 0.777. The molecule has 4 N–H and O–H groups in total. The summed E-state index contributed by atoms with van der Waals surface area (Å²) in [5.41, 5.74) is 6.14. The van der Waals surface area contributed by atoms with Gasteiger partial charge in [-0.05, 0) is 28.4 Å². The Morgan fingerprint density at radius 2 is 2.31 bits per heavy atom. The topological polar surface area (TPSA) is 71.2 Å². The molecule has 2 atom stereocenters. The Kier molecular flexibility index (Phi) is 2.84. The number of nitrogen functional groups attached to an aromatic ring is 1. The maximum Gasteiger partial charge on any atom is 0.140 e. The summed E-state index contributed by atoms with van der Waals surface area (Å²) >= 11 is 3.41. The molecule has 16 heavy (non-hydrogen) atoms. The lowest BCUT2D eigenvalue weighted by Crippen LogP contribution is -2.57. The molecule has 0 aliphatic heterocycles. The molecule has 0 saturated heterocycles. The van der Waals surface area contributed by atoms with E-state index in [-0.39, 0.29) is 17.6 Å². The fourth-order valence-electron chi connectivity index (χ4n) is 1.87. The molecule has 1 aliphatic carbocycles. The molecule has 1 aromatic heterocycles. The van der Waals surface area contributed by atoms with Gasteiger partial charge in [0.15, 0.2) is 0 Å². The maximum atomic E-state index is 9.65. The van der Waals surface area contributed by atoms with E-state index in [2.05, 4.69) is 26.2 Å². The van der Waals surface area contributed by atoms with E-state index in [0.29, 0.717) is 5.69 Å². The predicted octanol–water partition coefficient (Wildman–Crippen LogP) is 2.00. The number of halogens is 1. The lowest BCUT2D eigenvalue weighted by Gasteiger charge is -2.49. The number of rotatable bonds is 2. The fourth-order valence-corrected chi connectivity index (χ4v) is 2.35. The summed E-state index contributed by atoms with van der Waals surface area (Å²) < 4.78 is 0.852. The second-order valence-electron chi connectivity index (χ2n) is 4.87. The highest BCUT2D eigenvalue weighted by atomic mass is 79.9. The zero-order chi connectivity index (χ0) is 11.9. The van der Waals surface area contributed by atoms with Gasteiger partial charge in [0.2, 0.25) is 0 Å². The standard InChI is InChI=1S/C11H16BrN3O/c1-11(2)8(4-9(11)16)15-10-7(12)3-6(13)5-14-10/h3,5,8-9,16H,4,13H2,1-2H3,(H,14,15). The number of hydrogen-bond donors (Lipinski definition) is 3. The molecule has 0 amide bonds. The van der Waals surface area contributed by atoms with E-state index in [1.807, 2.05) is 19.9 Å². The smallest absolute Gasteiger partial charge is 0.140 e. The minimum Gasteiger partial charge on any atom is -0.397 e. The van der Waals surface area contributed by atoms with E-state index in [9.17, 15) is 5.11 Å². The highest BCUT2D eigenvalue weighted by molar-refractivity contribution is 9.10.